The Morgan fingerprint density at radius 3 is 1.36 bits per heavy atom. The van der Waals surface area contributed by atoms with Gasteiger partial charge < -0.3 is 0 Å². The van der Waals surface area contributed by atoms with Gasteiger partial charge in [0.25, 0.3) is 0 Å². The standard InChI is InChI=1S/C21H18N4/c1-17-22-23-24-25(17)21(18-11-5-2-6-12-18,19-13-7-3-8-14-19)20-15-9-4-10-16-20/h2-16H,1H3. The van der Waals surface area contributed by atoms with Crippen LogP contribution < -0.4 is 0 Å². The summed E-state index contributed by atoms with van der Waals surface area (Å²) < 4.78 is 1.91. The van der Waals surface area contributed by atoms with E-state index in [0.717, 1.165) is 22.5 Å². The van der Waals surface area contributed by atoms with E-state index in [1.165, 1.54) is 0 Å². The first-order chi connectivity index (χ1) is 12.3. The van der Waals surface area contributed by atoms with Crippen molar-refractivity contribution in [3.8, 4) is 0 Å². The fourth-order valence-electron chi connectivity index (χ4n) is 3.45. The third-order valence-corrected chi connectivity index (χ3v) is 4.52. The van der Waals surface area contributed by atoms with Gasteiger partial charge in [-0.25, -0.2) is 4.68 Å². The molecule has 4 aromatic rings. The highest BCUT2D eigenvalue weighted by atomic mass is 15.6. The molecule has 0 spiro atoms. The van der Waals surface area contributed by atoms with Crippen molar-refractivity contribution in [2.24, 2.45) is 0 Å². The van der Waals surface area contributed by atoms with Gasteiger partial charge in [0, 0.05) is 0 Å². The molecule has 0 aliphatic heterocycles. The maximum absolute atomic E-state index is 4.37. The van der Waals surface area contributed by atoms with Crippen LogP contribution in [0.2, 0.25) is 0 Å². The van der Waals surface area contributed by atoms with E-state index in [9.17, 15) is 0 Å². The predicted octanol–water partition coefficient (Wildman–Crippen LogP) is 3.82. The Hall–Kier alpha value is -3.27. The molecule has 0 radical (unpaired) electrons. The van der Waals surface area contributed by atoms with Gasteiger partial charge in [0.05, 0.1) is 0 Å². The van der Waals surface area contributed by atoms with Gasteiger partial charge in [0.15, 0.2) is 0 Å². The van der Waals surface area contributed by atoms with Crippen LogP contribution in [-0.4, -0.2) is 20.2 Å². The maximum Gasteiger partial charge on any atom is 0.150 e. The molecule has 122 valence electrons. The van der Waals surface area contributed by atoms with Crippen molar-refractivity contribution in [3.05, 3.63) is 114 Å². The second-order valence-corrected chi connectivity index (χ2v) is 5.95. The molecule has 0 atom stereocenters. The van der Waals surface area contributed by atoms with Crippen molar-refractivity contribution in [1.82, 2.24) is 20.2 Å². The zero-order valence-electron chi connectivity index (χ0n) is 13.9. The molecule has 0 saturated carbocycles. The quantitative estimate of drug-likeness (QED) is 0.536. The van der Waals surface area contributed by atoms with Crippen molar-refractivity contribution in [3.63, 3.8) is 0 Å². The molecule has 4 heteroatoms. The number of aromatic nitrogens is 4. The van der Waals surface area contributed by atoms with Crippen molar-refractivity contribution in [2.45, 2.75) is 12.5 Å². The SMILES string of the molecule is Cc1nnnn1C(c1ccccc1)(c1ccccc1)c1ccccc1. The van der Waals surface area contributed by atoms with E-state index in [-0.39, 0.29) is 0 Å². The average molecular weight is 326 g/mol. The van der Waals surface area contributed by atoms with Gasteiger partial charge in [-0.2, -0.15) is 0 Å². The van der Waals surface area contributed by atoms with E-state index in [0.29, 0.717) is 0 Å². The molecular weight excluding hydrogens is 308 g/mol. The first-order valence-electron chi connectivity index (χ1n) is 8.25. The summed E-state index contributed by atoms with van der Waals surface area (Å²) in [6.45, 7) is 1.93. The molecule has 1 heterocycles. The Labute approximate surface area is 146 Å². The molecule has 4 rings (SSSR count). The number of tetrazole rings is 1. The second kappa shape index (κ2) is 6.32. The van der Waals surface area contributed by atoms with Crippen molar-refractivity contribution >= 4 is 0 Å². The molecule has 0 unspecified atom stereocenters. The van der Waals surface area contributed by atoms with E-state index in [1.807, 2.05) is 29.8 Å². The summed E-state index contributed by atoms with van der Waals surface area (Å²) in [6.07, 6.45) is 0. The van der Waals surface area contributed by atoms with Crippen LogP contribution >= 0.6 is 0 Å². The summed E-state index contributed by atoms with van der Waals surface area (Å²) >= 11 is 0. The molecule has 0 fully saturated rings. The number of hydrogen-bond acceptors (Lipinski definition) is 3. The fourth-order valence-corrected chi connectivity index (χ4v) is 3.45. The lowest BCUT2D eigenvalue weighted by Crippen LogP contribution is -2.39. The van der Waals surface area contributed by atoms with Crippen LogP contribution in [0.4, 0.5) is 0 Å². The first-order valence-corrected chi connectivity index (χ1v) is 8.25. The highest BCUT2D eigenvalue weighted by Crippen LogP contribution is 2.40. The monoisotopic (exact) mass is 326 g/mol. The minimum absolute atomic E-state index is 0.628. The Morgan fingerprint density at radius 2 is 1.04 bits per heavy atom. The summed E-state index contributed by atoms with van der Waals surface area (Å²) in [5.74, 6) is 0.761. The topological polar surface area (TPSA) is 43.6 Å². The summed E-state index contributed by atoms with van der Waals surface area (Å²) in [6, 6.07) is 31.1. The Kier molecular flexibility index (Phi) is 3.86. The van der Waals surface area contributed by atoms with Gasteiger partial charge in [0.1, 0.15) is 11.4 Å². The van der Waals surface area contributed by atoms with Gasteiger partial charge in [-0.1, -0.05) is 91.0 Å². The number of nitrogens with zero attached hydrogens (tertiary/aromatic N) is 4. The third-order valence-electron chi connectivity index (χ3n) is 4.52. The van der Waals surface area contributed by atoms with Crippen molar-refractivity contribution in [2.75, 3.05) is 0 Å². The van der Waals surface area contributed by atoms with Crippen molar-refractivity contribution in [1.29, 1.82) is 0 Å². The molecule has 0 aliphatic carbocycles. The van der Waals surface area contributed by atoms with Crippen LogP contribution in [0.3, 0.4) is 0 Å². The maximum atomic E-state index is 4.37. The summed E-state index contributed by atoms with van der Waals surface area (Å²) in [4.78, 5) is 0. The normalized spacial score (nSPS) is 11.4. The lowest BCUT2D eigenvalue weighted by molar-refractivity contribution is 0.437. The van der Waals surface area contributed by atoms with Crippen LogP contribution in [0.5, 0.6) is 0 Å². The molecule has 0 saturated heterocycles. The van der Waals surface area contributed by atoms with Crippen LogP contribution in [0, 0.1) is 6.92 Å². The summed E-state index contributed by atoms with van der Waals surface area (Å²) in [7, 11) is 0. The van der Waals surface area contributed by atoms with E-state index < -0.39 is 5.54 Å². The number of aryl methyl sites for hydroxylation is 1. The zero-order chi connectivity index (χ0) is 17.1. The molecule has 1 aromatic heterocycles. The fraction of sp³-hybridized carbons (Fsp3) is 0.0952. The van der Waals surface area contributed by atoms with Gasteiger partial charge in [-0.05, 0) is 34.0 Å². The molecule has 25 heavy (non-hydrogen) atoms. The Bertz CT molecular complexity index is 850. The van der Waals surface area contributed by atoms with Crippen LogP contribution in [0.1, 0.15) is 22.5 Å². The van der Waals surface area contributed by atoms with Gasteiger partial charge in [-0.15, -0.1) is 5.10 Å². The minimum atomic E-state index is -0.628. The Balaban J connectivity index is 2.15. The Morgan fingerprint density at radius 1 is 0.640 bits per heavy atom. The van der Waals surface area contributed by atoms with Gasteiger partial charge >= 0.3 is 0 Å². The third kappa shape index (κ3) is 2.43. The highest BCUT2D eigenvalue weighted by Gasteiger charge is 2.40. The van der Waals surface area contributed by atoms with Crippen LogP contribution in [0.25, 0.3) is 0 Å². The average Bonchev–Trinajstić information content (AvgIpc) is 3.12. The molecule has 0 amide bonds. The largest absolute Gasteiger partial charge is 0.210 e. The molecule has 0 aliphatic rings. The minimum Gasteiger partial charge on any atom is -0.210 e. The number of rotatable bonds is 4. The lowest BCUT2D eigenvalue weighted by Gasteiger charge is -2.36. The molecule has 3 aromatic carbocycles. The zero-order valence-corrected chi connectivity index (χ0v) is 13.9. The predicted molar refractivity (Wildman–Crippen MR) is 97.2 cm³/mol. The van der Waals surface area contributed by atoms with E-state index in [1.54, 1.807) is 0 Å². The smallest absolute Gasteiger partial charge is 0.150 e. The van der Waals surface area contributed by atoms with E-state index in [4.69, 9.17) is 0 Å². The summed E-state index contributed by atoms with van der Waals surface area (Å²) in [5.41, 5.74) is 2.71. The number of benzene rings is 3. The van der Waals surface area contributed by atoms with Crippen LogP contribution in [-0.2, 0) is 5.54 Å². The van der Waals surface area contributed by atoms with Crippen LogP contribution in [0.15, 0.2) is 91.0 Å². The van der Waals surface area contributed by atoms with E-state index >= 15 is 0 Å². The molecule has 4 nitrogen and oxygen atoms in total. The van der Waals surface area contributed by atoms with Gasteiger partial charge in [0.2, 0.25) is 0 Å². The van der Waals surface area contributed by atoms with Gasteiger partial charge in [-0.3, -0.25) is 0 Å². The molecular formula is C21H18N4. The molecule has 0 bridgehead atoms. The lowest BCUT2D eigenvalue weighted by atomic mass is 9.77. The second-order valence-electron chi connectivity index (χ2n) is 5.95. The summed E-state index contributed by atoms with van der Waals surface area (Å²) in [5, 5.41) is 12.5. The molecule has 0 N–H and O–H groups in total. The first kappa shape index (κ1) is 15.3. The van der Waals surface area contributed by atoms with Crippen molar-refractivity contribution < 1.29 is 0 Å². The number of hydrogen-bond donors (Lipinski definition) is 0. The van der Waals surface area contributed by atoms with E-state index in [2.05, 4.69) is 88.3 Å². The highest BCUT2D eigenvalue weighted by molar-refractivity contribution is 5.50.